The van der Waals surface area contributed by atoms with Crippen LogP contribution in [-0.2, 0) is 9.31 Å². The number of amides is 1. The SMILES string of the molecule is CC1(C)OB(c2cccc3c(C(=O)N4CCC(F)(F)C4)cccc23)OC1(C)C. The summed E-state index contributed by atoms with van der Waals surface area (Å²) in [7, 11) is -0.560. The first-order valence-corrected chi connectivity index (χ1v) is 9.55. The van der Waals surface area contributed by atoms with E-state index >= 15 is 0 Å². The van der Waals surface area contributed by atoms with Crippen LogP contribution in [0, 0.1) is 0 Å². The number of halogens is 2. The smallest absolute Gasteiger partial charge is 0.399 e. The number of carbonyl (C=O) groups excluding carboxylic acids is 1. The summed E-state index contributed by atoms with van der Waals surface area (Å²) < 4.78 is 39.5. The third-order valence-electron chi connectivity index (χ3n) is 6.15. The van der Waals surface area contributed by atoms with Gasteiger partial charge in [-0.05, 0) is 50.0 Å². The van der Waals surface area contributed by atoms with Crippen LogP contribution in [0.3, 0.4) is 0 Å². The Labute approximate surface area is 163 Å². The van der Waals surface area contributed by atoms with Crippen LogP contribution >= 0.6 is 0 Å². The molecule has 0 aromatic heterocycles. The molecule has 0 bridgehead atoms. The maximum Gasteiger partial charge on any atom is 0.495 e. The van der Waals surface area contributed by atoms with Gasteiger partial charge >= 0.3 is 7.12 Å². The van der Waals surface area contributed by atoms with E-state index in [1.807, 2.05) is 52.0 Å². The van der Waals surface area contributed by atoms with E-state index in [2.05, 4.69) is 0 Å². The summed E-state index contributed by atoms with van der Waals surface area (Å²) in [5, 5.41) is 1.55. The largest absolute Gasteiger partial charge is 0.495 e. The molecule has 2 aromatic carbocycles. The number of hydrogen-bond donors (Lipinski definition) is 0. The Balaban J connectivity index is 1.73. The van der Waals surface area contributed by atoms with Gasteiger partial charge in [0.05, 0.1) is 17.7 Å². The number of fused-ring (bicyclic) bond motifs is 1. The van der Waals surface area contributed by atoms with E-state index in [1.54, 1.807) is 12.1 Å². The first-order valence-electron chi connectivity index (χ1n) is 9.55. The van der Waals surface area contributed by atoms with Crippen molar-refractivity contribution in [1.29, 1.82) is 0 Å². The number of alkyl halides is 2. The highest BCUT2D eigenvalue weighted by Gasteiger charge is 2.52. The molecule has 2 aromatic rings. The number of likely N-dealkylation sites (tertiary alicyclic amines) is 1. The fraction of sp³-hybridized carbons (Fsp3) is 0.476. The molecule has 0 atom stereocenters. The lowest BCUT2D eigenvalue weighted by Gasteiger charge is -2.32. The minimum Gasteiger partial charge on any atom is -0.399 e. The molecule has 2 saturated heterocycles. The summed E-state index contributed by atoms with van der Waals surface area (Å²) >= 11 is 0. The van der Waals surface area contributed by atoms with Gasteiger partial charge in [0.2, 0.25) is 0 Å². The third-order valence-corrected chi connectivity index (χ3v) is 6.15. The Morgan fingerprint density at radius 1 is 1.00 bits per heavy atom. The summed E-state index contributed by atoms with van der Waals surface area (Å²) in [5.41, 5.74) is 0.300. The van der Waals surface area contributed by atoms with Crippen molar-refractivity contribution in [3.63, 3.8) is 0 Å². The van der Waals surface area contributed by atoms with Crippen LogP contribution in [0.4, 0.5) is 8.78 Å². The summed E-state index contributed by atoms with van der Waals surface area (Å²) in [6, 6.07) is 11.0. The highest BCUT2D eigenvalue weighted by molar-refractivity contribution is 6.65. The van der Waals surface area contributed by atoms with Crippen LogP contribution in [0.2, 0.25) is 0 Å². The van der Waals surface area contributed by atoms with E-state index in [4.69, 9.17) is 9.31 Å². The van der Waals surface area contributed by atoms with E-state index < -0.39 is 30.8 Å². The van der Waals surface area contributed by atoms with Gasteiger partial charge in [0, 0.05) is 18.5 Å². The van der Waals surface area contributed by atoms with E-state index in [0.717, 1.165) is 16.2 Å². The Kier molecular flexibility index (Phi) is 4.32. The molecule has 2 fully saturated rings. The fourth-order valence-electron chi connectivity index (χ4n) is 3.78. The normalized spacial score (nSPS) is 22.8. The van der Waals surface area contributed by atoms with Crippen molar-refractivity contribution in [2.75, 3.05) is 13.1 Å². The van der Waals surface area contributed by atoms with Gasteiger partial charge in [-0.25, -0.2) is 8.78 Å². The topological polar surface area (TPSA) is 38.8 Å². The molecule has 148 valence electrons. The van der Waals surface area contributed by atoms with Crippen LogP contribution in [-0.4, -0.2) is 48.1 Å². The predicted octanol–water partition coefficient (Wildman–Crippen LogP) is 3.62. The minimum absolute atomic E-state index is 0.0686. The maximum absolute atomic E-state index is 13.6. The molecule has 7 heteroatoms. The zero-order chi connectivity index (χ0) is 20.3. The van der Waals surface area contributed by atoms with Gasteiger partial charge < -0.3 is 14.2 Å². The number of rotatable bonds is 2. The van der Waals surface area contributed by atoms with E-state index in [-0.39, 0.29) is 18.9 Å². The van der Waals surface area contributed by atoms with Crippen molar-refractivity contribution in [1.82, 2.24) is 4.90 Å². The average Bonchev–Trinajstić information content (AvgIpc) is 3.08. The average molecular weight is 387 g/mol. The van der Waals surface area contributed by atoms with Crippen LogP contribution < -0.4 is 5.46 Å². The summed E-state index contributed by atoms with van der Waals surface area (Å²) in [6.07, 6.45) is -0.289. The lowest BCUT2D eigenvalue weighted by molar-refractivity contribution is 0.00578. The van der Waals surface area contributed by atoms with Gasteiger partial charge in [-0.2, -0.15) is 0 Å². The molecule has 4 nitrogen and oxygen atoms in total. The molecule has 0 radical (unpaired) electrons. The van der Waals surface area contributed by atoms with Crippen molar-refractivity contribution < 1.29 is 22.9 Å². The second-order valence-corrected chi connectivity index (χ2v) is 8.67. The molecule has 0 saturated carbocycles. The number of benzene rings is 2. The monoisotopic (exact) mass is 387 g/mol. The molecule has 0 N–H and O–H groups in total. The molecule has 2 aliphatic rings. The zero-order valence-corrected chi connectivity index (χ0v) is 16.6. The van der Waals surface area contributed by atoms with Crippen LogP contribution in [0.25, 0.3) is 10.8 Å². The second kappa shape index (κ2) is 6.26. The minimum atomic E-state index is -2.81. The van der Waals surface area contributed by atoms with Gasteiger partial charge in [0.1, 0.15) is 0 Å². The number of nitrogens with zero attached hydrogens (tertiary/aromatic N) is 1. The van der Waals surface area contributed by atoms with E-state index in [1.165, 1.54) is 4.90 Å². The first-order chi connectivity index (χ1) is 13.0. The van der Waals surface area contributed by atoms with Crippen molar-refractivity contribution in [3.05, 3.63) is 42.0 Å². The number of hydrogen-bond acceptors (Lipinski definition) is 3. The van der Waals surface area contributed by atoms with Gasteiger partial charge in [-0.1, -0.05) is 30.3 Å². The molecule has 4 rings (SSSR count). The van der Waals surface area contributed by atoms with Crippen LogP contribution in [0.5, 0.6) is 0 Å². The molecule has 0 spiro atoms. The van der Waals surface area contributed by atoms with Crippen molar-refractivity contribution >= 4 is 29.3 Å². The molecule has 0 aliphatic carbocycles. The quantitative estimate of drug-likeness (QED) is 0.739. The Morgan fingerprint density at radius 2 is 1.61 bits per heavy atom. The Hall–Kier alpha value is -1.99. The summed E-state index contributed by atoms with van der Waals surface area (Å²) in [4.78, 5) is 14.1. The Morgan fingerprint density at radius 3 is 2.21 bits per heavy atom. The van der Waals surface area contributed by atoms with Gasteiger partial charge in [0.25, 0.3) is 11.8 Å². The lowest BCUT2D eigenvalue weighted by atomic mass is 9.75. The molecule has 1 amide bonds. The lowest BCUT2D eigenvalue weighted by Crippen LogP contribution is -2.41. The summed E-state index contributed by atoms with van der Waals surface area (Å²) in [5.74, 6) is -3.18. The van der Waals surface area contributed by atoms with E-state index in [9.17, 15) is 13.6 Å². The molecular formula is C21H24BF2NO3. The molecule has 2 heterocycles. The van der Waals surface area contributed by atoms with Crippen molar-refractivity contribution in [2.24, 2.45) is 0 Å². The van der Waals surface area contributed by atoms with Gasteiger partial charge in [-0.15, -0.1) is 0 Å². The standard InChI is InChI=1S/C21H24BF2NO3/c1-19(2)20(3,4)28-22(27-19)17-10-6-7-14-15(17)8-5-9-16(14)18(26)25-12-11-21(23,24)13-25/h5-10H,11-13H2,1-4H3. The highest BCUT2D eigenvalue weighted by Crippen LogP contribution is 2.37. The number of carbonyl (C=O) groups is 1. The van der Waals surface area contributed by atoms with Crippen molar-refractivity contribution in [3.8, 4) is 0 Å². The third kappa shape index (κ3) is 3.10. The van der Waals surface area contributed by atoms with Gasteiger partial charge in [0.15, 0.2) is 0 Å². The molecular weight excluding hydrogens is 363 g/mol. The van der Waals surface area contributed by atoms with Gasteiger partial charge in [-0.3, -0.25) is 4.79 Å². The zero-order valence-electron chi connectivity index (χ0n) is 16.6. The summed E-state index contributed by atoms with van der Waals surface area (Å²) in [6.45, 7) is 7.49. The molecule has 28 heavy (non-hydrogen) atoms. The van der Waals surface area contributed by atoms with Crippen LogP contribution in [0.15, 0.2) is 36.4 Å². The van der Waals surface area contributed by atoms with E-state index in [0.29, 0.717) is 5.56 Å². The van der Waals surface area contributed by atoms with Crippen LogP contribution in [0.1, 0.15) is 44.5 Å². The first kappa shape index (κ1) is 19.3. The highest BCUT2D eigenvalue weighted by atomic mass is 19.3. The van der Waals surface area contributed by atoms with Crippen molar-refractivity contribution in [2.45, 2.75) is 51.2 Å². The molecule has 2 aliphatic heterocycles. The maximum atomic E-state index is 13.6. The second-order valence-electron chi connectivity index (χ2n) is 8.67. The fourth-order valence-corrected chi connectivity index (χ4v) is 3.78. The predicted molar refractivity (Wildman–Crippen MR) is 105 cm³/mol. The molecule has 0 unspecified atom stereocenters. The Bertz CT molecular complexity index is 928.